The Hall–Kier alpha value is -2.19. The van der Waals surface area contributed by atoms with Crippen LogP contribution in [0.15, 0.2) is 47.6 Å². The number of carbonyl (C=O) groups excluding carboxylic acids is 1. The van der Waals surface area contributed by atoms with Gasteiger partial charge in [0.25, 0.3) is 0 Å². The highest BCUT2D eigenvalue weighted by atomic mass is 32.2. The number of benzene rings is 1. The first kappa shape index (κ1) is 20.1. The van der Waals surface area contributed by atoms with Gasteiger partial charge >= 0.3 is 0 Å². The van der Waals surface area contributed by atoms with Crippen molar-refractivity contribution in [2.24, 2.45) is 11.8 Å². The first-order valence-electron chi connectivity index (χ1n) is 10.4. The average Bonchev–Trinajstić information content (AvgIpc) is 3.23. The molecular formula is C21H28N4O3S. The smallest absolute Gasteiger partial charge is 0.246 e. The van der Waals surface area contributed by atoms with Crippen LogP contribution in [-0.2, 0) is 21.4 Å². The van der Waals surface area contributed by atoms with E-state index >= 15 is 0 Å². The van der Waals surface area contributed by atoms with Gasteiger partial charge in [0, 0.05) is 38.3 Å². The second-order valence-corrected chi connectivity index (χ2v) is 9.96. The Bertz CT molecular complexity index is 907. The lowest BCUT2D eigenvalue weighted by atomic mass is 9.81. The molecule has 1 N–H and O–H groups in total. The van der Waals surface area contributed by atoms with Crippen molar-refractivity contribution in [3.05, 3.63) is 48.3 Å². The van der Waals surface area contributed by atoms with Gasteiger partial charge in [-0.3, -0.25) is 9.89 Å². The maximum absolute atomic E-state index is 13.3. The molecule has 1 atom stereocenters. The Morgan fingerprint density at radius 1 is 1.03 bits per heavy atom. The van der Waals surface area contributed by atoms with Crippen molar-refractivity contribution in [1.29, 1.82) is 0 Å². The zero-order chi connectivity index (χ0) is 20.3. The Morgan fingerprint density at radius 2 is 1.79 bits per heavy atom. The van der Waals surface area contributed by atoms with Gasteiger partial charge in [0.05, 0.1) is 6.20 Å². The number of hydrogen-bond acceptors (Lipinski definition) is 4. The summed E-state index contributed by atoms with van der Waals surface area (Å²) in [5, 5.41) is 6.32. The van der Waals surface area contributed by atoms with E-state index in [1.165, 1.54) is 16.7 Å². The predicted molar refractivity (Wildman–Crippen MR) is 109 cm³/mol. The number of nitrogens with one attached hydrogen (secondary N) is 1. The number of H-pyrrole nitrogens is 1. The van der Waals surface area contributed by atoms with Crippen LogP contribution < -0.4 is 0 Å². The minimum atomic E-state index is -3.50. The van der Waals surface area contributed by atoms with Gasteiger partial charge < -0.3 is 4.90 Å². The molecule has 0 aliphatic carbocycles. The highest BCUT2D eigenvalue weighted by molar-refractivity contribution is 7.89. The van der Waals surface area contributed by atoms with Crippen molar-refractivity contribution in [1.82, 2.24) is 19.4 Å². The number of likely N-dealkylation sites (tertiary alicyclic amines) is 1. The number of aromatic amines is 1. The second-order valence-electron chi connectivity index (χ2n) is 8.02. The van der Waals surface area contributed by atoms with Gasteiger partial charge in [0.2, 0.25) is 15.9 Å². The maximum atomic E-state index is 13.3. The SMILES string of the molecule is O=C1[C@@H](C2CCN(S(=O)(=O)c3cn[nH]c3)CC2)CCCCN1Cc1ccccc1. The van der Waals surface area contributed by atoms with E-state index in [9.17, 15) is 13.2 Å². The molecule has 156 valence electrons. The fraction of sp³-hybridized carbons (Fsp3) is 0.524. The van der Waals surface area contributed by atoms with Crippen LogP contribution in [0.3, 0.4) is 0 Å². The van der Waals surface area contributed by atoms with Crippen LogP contribution >= 0.6 is 0 Å². The molecule has 7 nitrogen and oxygen atoms in total. The fourth-order valence-corrected chi connectivity index (χ4v) is 5.96. The molecule has 1 aromatic heterocycles. The fourth-order valence-electron chi connectivity index (χ4n) is 4.58. The molecular weight excluding hydrogens is 388 g/mol. The molecule has 2 aromatic rings. The third-order valence-corrected chi connectivity index (χ3v) is 8.08. The first-order chi connectivity index (χ1) is 14.1. The van der Waals surface area contributed by atoms with Crippen molar-refractivity contribution in [2.75, 3.05) is 19.6 Å². The van der Waals surface area contributed by atoms with Gasteiger partial charge in [-0.25, -0.2) is 8.42 Å². The zero-order valence-corrected chi connectivity index (χ0v) is 17.4. The Morgan fingerprint density at radius 3 is 2.48 bits per heavy atom. The van der Waals surface area contributed by atoms with Gasteiger partial charge in [-0.2, -0.15) is 9.40 Å². The lowest BCUT2D eigenvalue weighted by molar-refractivity contribution is -0.137. The third-order valence-electron chi connectivity index (χ3n) is 6.22. The largest absolute Gasteiger partial charge is 0.338 e. The zero-order valence-electron chi connectivity index (χ0n) is 16.5. The van der Waals surface area contributed by atoms with Crippen molar-refractivity contribution in [3.8, 4) is 0 Å². The van der Waals surface area contributed by atoms with Crippen molar-refractivity contribution >= 4 is 15.9 Å². The van der Waals surface area contributed by atoms with Crippen molar-refractivity contribution in [3.63, 3.8) is 0 Å². The Balaban J connectivity index is 1.41. The molecule has 2 aliphatic rings. The van der Waals surface area contributed by atoms with Crippen LogP contribution in [0.4, 0.5) is 0 Å². The van der Waals surface area contributed by atoms with E-state index in [0.29, 0.717) is 19.6 Å². The molecule has 0 bridgehead atoms. The van der Waals surface area contributed by atoms with E-state index in [1.807, 2.05) is 23.1 Å². The number of rotatable bonds is 5. The molecule has 1 amide bonds. The third kappa shape index (κ3) is 4.38. The number of carbonyl (C=O) groups is 1. The summed E-state index contributed by atoms with van der Waals surface area (Å²) in [4.78, 5) is 15.5. The second kappa shape index (κ2) is 8.67. The summed E-state index contributed by atoms with van der Waals surface area (Å²) in [6.45, 7) is 2.38. The monoisotopic (exact) mass is 416 g/mol. The molecule has 8 heteroatoms. The number of nitrogens with zero attached hydrogens (tertiary/aromatic N) is 3. The van der Waals surface area contributed by atoms with E-state index in [0.717, 1.165) is 44.2 Å². The molecule has 2 saturated heterocycles. The molecule has 0 saturated carbocycles. The molecule has 1 aromatic carbocycles. The predicted octanol–water partition coefficient (Wildman–Crippen LogP) is 2.64. The quantitative estimate of drug-likeness (QED) is 0.812. The average molecular weight is 417 g/mol. The summed E-state index contributed by atoms with van der Waals surface area (Å²) >= 11 is 0. The minimum absolute atomic E-state index is 0.00000777. The first-order valence-corrected chi connectivity index (χ1v) is 11.8. The normalized spacial score (nSPS) is 22.6. The van der Waals surface area contributed by atoms with Gasteiger partial charge in [0.1, 0.15) is 4.90 Å². The molecule has 4 rings (SSSR count). The number of amides is 1. The molecule has 2 aliphatic heterocycles. The van der Waals surface area contributed by atoms with Gasteiger partial charge in [-0.1, -0.05) is 36.8 Å². The van der Waals surface area contributed by atoms with Gasteiger partial charge in [-0.15, -0.1) is 0 Å². The van der Waals surface area contributed by atoms with E-state index < -0.39 is 10.0 Å². The summed E-state index contributed by atoms with van der Waals surface area (Å²) in [5.41, 5.74) is 1.16. The summed E-state index contributed by atoms with van der Waals surface area (Å²) in [6.07, 6.45) is 7.20. The topological polar surface area (TPSA) is 86.4 Å². The van der Waals surface area contributed by atoms with Crippen molar-refractivity contribution in [2.45, 2.75) is 43.5 Å². The molecule has 0 radical (unpaired) electrons. The van der Waals surface area contributed by atoms with E-state index in [4.69, 9.17) is 0 Å². The lowest BCUT2D eigenvalue weighted by Crippen LogP contribution is -2.43. The summed E-state index contributed by atoms with van der Waals surface area (Å²) in [7, 11) is -3.50. The minimum Gasteiger partial charge on any atom is -0.338 e. The van der Waals surface area contributed by atoms with Crippen LogP contribution in [0.25, 0.3) is 0 Å². The van der Waals surface area contributed by atoms with E-state index in [-0.39, 0.29) is 22.6 Å². The highest BCUT2D eigenvalue weighted by Gasteiger charge is 2.37. The molecule has 2 fully saturated rings. The summed E-state index contributed by atoms with van der Waals surface area (Å²) < 4.78 is 26.9. The van der Waals surface area contributed by atoms with Crippen LogP contribution in [0.5, 0.6) is 0 Å². The number of hydrogen-bond donors (Lipinski definition) is 1. The van der Waals surface area contributed by atoms with E-state index in [2.05, 4.69) is 22.3 Å². The van der Waals surface area contributed by atoms with E-state index in [1.54, 1.807) is 0 Å². The molecule has 0 unspecified atom stereocenters. The summed E-state index contributed by atoms with van der Waals surface area (Å²) in [5.74, 6) is 0.483. The number of aromatic nitrogens is 2. The molecule has 0 spiro atoms. The summed E-state index contributed by atoms with van der Waals surface area (Å²) in [6, 6.07) is 10.1. The van der Waals surface area contributed by atoms with Crippen LogP contribution in [0.1, 0.15) is 37.7 Å². The lowest BCUT2D eigenvalue weighted by Gasteiger charge is -2.35. The molecule has 3 heterocycles. The van der Waals surface area contributed by atoms with Gasteiger partial charge in [0.15, 0.2) is 0 Å². The van der Waals surface area contributed by atoms with Crippen LogP contribution in [0.2, 0.25) is 0 Å². The number of sulfonamides is 1. The van der Waals surface area contributed by atoms with Crippen molar-refractivity contribution < 1.29 is 13.2 Å². The Labute approximate surface area is 172 Å². The highest BCUT2D eigenvalue weighted by Crippen LogP contribution is 2.34. The van der Waals surface area contributed by atoms with Crippen LogP contribution in [-0.4, -0.2) is 53.4 Å². The van der Waals surface area contributed by atoms with Gasteiger partial charge in [-0.05, 0) is 37.2 Å². The number of piperidine rings is 1. The van der Waals surface area contributed by atoms with Crippen LogP contribution in [0, 0.1) is 11.8 Å². The molecule has 29 heavy (non-hydrogen) atoms. The maximum Gasteiger partial charge on any atom is 0.246 e. The Kier molecular flexibility index (Phi) is 6.01. The standard InChI is InChI=1S/C21H28N4O3S/c26-21-20(8-4-5-11-24(21)16-17-6-2-1-3-7-17)18-9-12-25(13-10-18)29(27,28)19-14-22-23-15-19/h1-3,6-7,14-15,18,20H,4-5,8-13,16H2,(H,22,23)/t20-/m1/s1.